The van der Waals surface area contributed by atoms with Crippen LogP contribution in [-0.2, 0) is 16.4 Å². The molecule has 0 aliphatic carbocycles. The second-order valence-corrected chi connectivity index (χ2v) is 9.64. The van der Waals surface area contributed by atoms with Crippen LogP contribution in [0.4, 0.5) is 4.79 Å². The molecule has 0 fully saturated rings. The molecule has 3 aromatic rings. The van der Waals surface area contributed by atoms with E-state index in [1.54, 1.807) is 65.6 Å². The van der Waals surface area contributed by atoms with E-state index in [9.17, 15) is 13.2 Å². The van der Waals surface area contributed by atoms with Gasteiger partial charge in [0.05, 0.1) is 4.90 Å². The van der Waals surface area contributed by atoms with Gasteiger partial charge in [0, 0.05) is 30.5 Å². The molecular formula is C25H27N3O4S. The Morgan fingerprint density at radius 2 is 1.64 bits per heavy atom. The zero-order valence-corrected chi connectivity index (χ0v) is 19.4. The largest absolute Gasteiger partial charge is 0.415 e. The molecule has 0 unspecified atom stereocenters. The number of rotatable bonds is 8. The molecule has 33 heavy (non-hydrogen) atoms. The Labute approximate surface area is 194 Å². The quantitative estimate of drug-likeness (QED) is 0.377. The highest BCUT2D eigenvalue weighted by Gasteiger charge is 2.18. The van der Waals surface area contributed by atoms with Gasteiger partial charge in [0.25, 0.3) is 0 Å². The van der Waals surface area contributed by atoms with Crippen molar-refractivity contribution < 1.29 is 17.9 Å². The van der Waals surface area contributed by atoms with Crippen molar-refractivity contribution in [1.82, 2.24) is 4.90 Å². The zero-order valence-electron chi connectivity index (χ0n) is 18.6. The molecule has 7 nitrogen and oxygen atoms in total. The molecule has 1 amide bonds. The first-order valence-corrected chi connectivity index (χ1v) is 12.4. The Balaban J connectivity index is 1.79. The fraction of sp³-hybridized carbons (Fsp3) is 0.200. The van der Waals surface area contributed by atoms with E-state index in [1.165, 1.54) is 6.26 Å². The monoisotopic (exact) mass is 465 g/mol. The number of nitrogen functional groups attached to an aromatic ring is 1. The highest BCUT2D eigenvalue weighted by molar-refractivity contribution is 7.90. The first kappa shape index (κ1) is 24.0. The molecule has 3 N–H and O–H groups in total. The number of hydrogen-bond acceptors (Lipinski definition) is 5. The van der Waals surface area contributed by atoms with Gasteiger partial charge in [0.1, 0.15) is 11.6 Å². The second-order valence-electron chi connectivity index (χ2n) is 7.65. The number of sulfone groups is 1. The van der Waals surface area contributed by atoms with Gasteiger partial charge in [-0.25, -0.2) is 13.2 Å². The summed E-state index contributed by atoms with van der Waals surface area (Å²) in [4.78, 5) is 14.7. The lowest BCUT2D eigenvalue weighted by Crippen LogP contribution is -2.34. The number of amidine groups is 1. The topological polar surface area (TPSA) is 114 Å². The van der Waals surface area contributed by atoms with Crippen molar-refractivity contribution in [3.8, 4) is 16.9 Å². The minimum absolute atomic E-state index is 0.0552. The van der Waals surface area contributed by atoms with E-state index >= 15 is 0 Å². The van der Waals surface area contributed by atoms with Crippen LogP contribution in [0.2, 0.25) is 0 Å². The van der Waals surface area contributed by atoms with E-state index in [4.69, 9.17) is 15.9 Å². The SMILES string of the molecule is CCCN(Cc1ccccc1C(=N)N)C(=O)Oc1ccc(-c2ccccc2S(C)(=O)=O)cc1. The van der Waals surface area contributed by atoms with Crippen molar-refractivity contribution in [3.05, 3.63) is 83.9 Å². The first-order valence-electron chi connectivity index (χ1n) is 10.5. The molecule has 0 aliphatic heterocycles. The first-order chi connectivity index (χ1) is 15.7. The van der Waals surface area contributed by atoms with Gasteiger partial charge < -0.3 is 15.4 Å². The molecule has 0 radical (unpaired) electrons. The van der Waals surface area contributed by atoms with Crippen LogP contribution in [0.5, 0.6) is 5.75 Å². The van der Waals surface area contributed by atoms with Crippen LogP contribution < -0.4 is 10.5 Å². The maximum Gasteiger partial charge on any atom is 0.415 e. The Bertz CT molecular complexity index is 1250. The molecule has 172 valence electrons. The van der Waals surface area contributed by atoms with E-state index in [-0.39, 0.29) is 17.3 Å². The van der Waals surface area contributed by atoms with Gasteiger partial charge in [0.2, 0.25) is 0 Å². The molecule has 0 aromatic heterocycles. The van der Waals surface area contributed by atoms with Crippen molar-refractivity contribution in [2.24, 2.45) is 5.73 Å². The van der Waals surface area contributed by atoms with Gasteiger partial charge in [0.15, 0.2) is 9.84 Å². The third-order valence-electron chi connectivity index (χ3n) is 5.08. The molecule has 0 heterocycles. The third kappa shape index (κ3) is 5.98. The van der Waals surface area contributed by atoms with Crippen molar-refractivity contribution >= 4 is 21.8 Å². The van der Waals surface area contributed by atoms with Crippen LogP contribution in [0.15, 0.2) is 77.7 Å². The number of carbonyl (C=O) groups is 1. The van der Waals surface area contributed by atoms with Crippen LogP contribution in [0.25, 0.3) is 11.1 Å². The summed E-state index contributed by atoms with van der Waals surface area (Å²) in [6.07, 6.45) is 1.40. The summed E-state index contributed by atoms with van der Waals surface area (Å²) in [6, 6.07) is 20.7. The molecule has 0 bridgehead atoms. The maximum absolute atomic E-state index is 12.9. The van der Waals surface area contributed by atoms with Gasteiger partial charge >= 0.3 is 6.09 Å². The molecule has 3 aromatic carbocycles. The van der Waals surface area contributed by atoms with Crippen molar-refractivity contribution in [2.75, 3.05) is 12.8 Å². The molecular weight excluding hydrogens is 438 g/mol. The van der Waals surface area contributed by atoms with E-state index < -0.39 is 15.9 Å². The van der Waals surface area contributed by atoms with Gasteiger partial charge in [-0.2, -0.15) is 0 Å². The van der Waals surface area contributed by atoms with E-state index in [2.05, 4.69) is 0 Å². The lowest BCUT2D eigenvalue weighted by Gasteiger charge is -2.22. The Hall–Kier alpha value is -3.65. The van der Waals surface area contributed by atoms with Crippen molar-refractivity contribution in [1.29, 1.82) is 5.41 Å². The molecule has 3 rings (SSSR count). The third-order valence-corrected chi connectivity index (χ3v) is 6.23. The summed E-state index contributed by atoms with van der Waals surface area (Å²) in [7, 11) is -3.38. The van der Waals surface area contributed by atoms with Crippen LogP contribution in [0, 0.1) is 5.41 Å². The fourth-order valence-electron chi connectivity index (χ4n) is 3.53. The smallest absolute Gasteiger partial charge is 0.410 e. The van der Waals surface area contributed by atoms with E-state index in [0.29, 0.717) is 29.0 Å². The summed E-state index contributed by atoms with van der Waals surface area (Å²) < 4.78 is 29.8. The second kappa shape index (κ2) is 10.3. The van der Waals surface area contributed by atoms with Crippen LogP contribution in [-0.4, -0.2) is 38.0 Å². The molecule has 0 spiro atoms. The van der Waals surface area contributed by atoms with Gasteiger partial charge in [-0.15, -0.1) is 0 Å². The molecule has 0 aliphatic rings. The summed E-state index contributed by atoms with van der Waals surface area (Å²) in [5, 5.41) is 7.76. The van der Waals surface area contributed by atoms with Crippen molar-refractivity contribution in [2.45, 2.75) is 24.8 Å². The molecule has 0 saturated carbocycles. The Morgan fingerprint density at radius 1 is 1.00 bits per heavy atom. The highest BCUT2D eigenvalue weighted by Crippen LogP contribution is 2.29. The van der Waals surface area contributed by atoms with Crippen LogP contribution in [0.1, 0.15) is 24.5 Å². The Kier molecular flexibility index (Phi) is 7.50. The lowest BCUT2D eigenvalue weighted by molar-refractivity contribution is 0.149. The van der Waals surface area contributed by atoms with Gasteiger partial charge in [-0.3, -0.25) is 5.41 Å². The van der Waals surface area contributed by atoms with Crippen molar-refractivity contribution in [3.63, 3.8) is 0 Å². The summed E-state index contributed by atoms with van der Waals surface area (Å²) in [5.41, 5.74) is 8.32. The van der Waals surface area contributed by atoms with Crippen LogP contribution >= 0.6 is 0 Å². The fourth-order valence-corrected chi connectivity index (χ4v) is 4.44. The average Bonchev–Trinajstić information content (AvgIpc) is 2.79. The molecule has 0 atom stereocenters. The normalized spacial score (nSPS) is 11.1. The number of benzene rings is 3. The number of ether oxygens (including phenoxy) is 1. The van der Waals surface area contributed by atoms with Gasteiger partial charge in [-0.05, 0) is 35.7 Å². The predicted octanol–water partition coefficient (Wildman–Crippen LogP) is 4.45. The number of nitrogens with zero attached hydrogens (tertiary/aromatic N) is 1. The summed E-state index contributed by atoms with van der Waals surface area (Å²) >= 11 is 0. The summed E-state index contributed by atoms with van der Waals surface area (Å²) in [6.45, 7) is 2.71. The van der Waals surface area contributed by atoms with Crippen LogP contribution in [0.3, 0.4) is 0 Å². The Morgan fingerprint density at radius 3 is 2.27 bits per heavy atom. The maximum atomic E-state index is 12.9. The zero-order chi connectivity index (χ0) is 24.0. The van der Waals surface area contributed by atoms with E-state index in [1.807, 2.05) is 19.1 Å². The number of nitrogens with two attached hydrogens (primary N) is 1. The standard InChI is InChI=1S/C25H27N3O4S/c1-3-16-28(17-19-8-4-5-10-22(19)24(26)27)25(29)32-20-14-12-18(13-15-20)21-9-6-7-11-23(21)33(2,30)31/h4-15H,3,16-17H2,1-2H3,(H3,26,27). The minimum Gasteiger partial charge on any atom is -0.410 e. The molecule has 0 saturated heterocycles. The highest BCUT2D eigenvalue weighted by atomic mass is 32.2. The molecule has 8 heteroatoms. The number of carbonyl (C=O) groups excluding carboxylic acids is 1. The number of amides is 1. The predicted molar refractivity (Wildman–Crippen MR) is 129 cm³/mol. The number of nitrogens with one attached hydrogen (secondary N) is 1. The average molecular weight is 466 g/mol. The summed E-state index contributed by atoms with van der Waals surface area (Å²) in [5.74, 6) is 0.293. The lowest BCUT2D eigenvalue weighted by atomic mass is 10.1. The van der Waals surface area contributed by atoms with E-state index in [0.717, 1.165) is 12.0 Å². The number of hydrogen-bond donors (Lipinski definition) is 2. The van der Waals surface area contributed by atoms with Gasteiger partial charge in [-0.1, -0.05) is 61.5 Å². The minimum atomic E-state index is -3.38.